The molecule has 3 heteroatoms. The first kappa shape index (κ1) is 15.0. The van der Waals surface area contributed by atoms with E-state index in [4.69, 9.17) is 4.74 Å². The topological polar surface area (TPSA) is 41.5 Å². The van der Waals surface area contributed by atoms with Gasteiger partial charge in [0.1, 0.15) is 5.75 Å². The van der Waals surface area contributed by atoms with Gasteiger partial charge in [0.2, 0.25) is 0 Å². The Morgan fingerprint density at radius 3 is 2.56 bits per heavy atom. The molecule has 1 aromatic rings. The molecule has 0 aliphatic carbocycles. The van der Waals surface area contributed by atoms with Crippen molar-refractivity contribution in [1.82, 2.24) is 5.32 Å². The van der Waals surface area contributed by atoms with Gasteiger partial charge in [-0.1, -0.05) is 11.6 Å². The van der Waals surface area contributed by atoms with Crippen LogP contribution in [0.15, 0.2) is 18.2 Å². The van der Waals surface area contributed by atoms with Crippen LogP contribution in [0.5, 0.6) is 5.75 Å². The SMILES string of the molecule is CCOc1ccc(C)cc1C(O)CNC(C)(C)C. The summed E-state index contributed by atoms with van der Waals surface area (Å²) in [6, 6.07) is 5.91. The van der Waals surface area contributed by atoms with Crippen LogP contribution in [-0.4, -0.2) is 23.8 Å². The van der Waals surface area contributed by atoms with Crippen LogP contribution in [-0.2, 0) is 0 Å². The predicted molar refractivity (Wildman–Crippen MR) is 75.1 cm³/mol. The van der Waals surface area contributed by atoms with Gasteiger partial charge in [-0.2, -0.15) is 0 Å². The first-order chi connectivity index (χ1) is 8.33. The second kappa shape index (κ2) is 6.21. The van der Waals surface area contributed by atoms with Crippen molar-refractivity contribution in [3.05, 3.63) is 29.3 Å². The van der Waals surface area contributed by atoms with E-state index in [1.165, 1.54) is 0 Å². The van der Waals surface area contributed by atoms with Gasteiger partial charge < -0.3 is 15.2 Å². The van der Waals surface area contributed by atoms with Crippen molar-refractivity contribution in [3.8, 4) is 5.75 Å². The summed E-state index contributed by atoms with van der Waals surface area (Å²) in [5.74, 6) is 0.770. The van der Waals surface area contributed by atoms with E-state index in [2.05, 4.69) is 26.1 Å². The fourth-order valence-corrected chi connectivity index (χ4v) is 1.73. The molecule has 0 bridgehead atoms. The van der Waals surface area contributed by atoms with E-state index in [0.717, 1.165) is 16.9 Å². The van der Waals surface area contributed by atoms with Gasteiger partial charge in [0.15, 0.2) is 0 Å². The second-order valence-corrected chi connectivity index (χ2v) is 5.62. The first-order valence-electron chi connectivity index (χ1n) is 6.50. The number of hydrogen-bond acceptors (Lipinski definition) is 3. The van der Waals surface area contributed by atoms with Crippen LogP contribution < -0.4 is 10.1 Å². The van der Waals surface area contributed by atoms with E-state index in [-0.39, 0.29) is 5.54 Å². The van der Waals surface area contributed by atoms with Gasteiger partial charge in [0.05, 0.1) is 12.7 Å². The second-order valence-electron chi connectivity index (χ2n) is 5.62. The molecule has 3 nitrogen and oxygen atoms in total. The van der Waals surface area contributed by atoms with Crippen molar-refractivity contribution in [2.75, 3.05) is 13.2 Å². The van der Waals surface area contributed by atoms with Gasteiger partial charge >= 0.3 is 0 Å². The van der Waals surface area contributed by atoms with Gasteiger partial charge in [-0.3, -0.25) is 0 Å². The minimum atomic E-state index is -0.550. The average Bonchev–Trinajstić information content (AvgIpc) is 2.27. The van der Waals surface area contributed by atoms with Crippen LogP contribution in [0.4, 0.5) is 0 Å². The first-order valence-corrected chi connectivity index (χ1v) is 6.50. The lowest BCUT2D eigenvalue weighted by Gasteiger charge is -2.24. The summed E-state index contributed by atoms with van der Waals surface area (Å²) < 4.78 is 5.56. The molecular weight excluding hydrogens is 226 g/mol. The molecule has 0 heterocycles. The Bertz CT molecular complexity index is 383. The highest BCUT2D eigenvalue weighted by atomic mass is 16.5. The third kappa shape index (κ3) is 4.67. The van der Waals surface area contributed by atoms with Crippen molar-refractivity contribution in [3.63, 3.8) is 0 Å². The zero-order valence-electron chi connectivity index (χ0n) is 12.1. The molecule has 0 amide bonds. The van der Waals surface area contributed by atoms with Crippen LogP contribution in [0.2, 0.25) is 0 Å². The van der Waals surface area contributed by atoms with Crippen LogP contribution in [0.3, 0.4) is 0 Å². The summed E-state index contributed by atoms with van der Waals surface area (Å²) in [5.41, 5.74) is 1.98. The quantitative estimate of drug-likeness (QED) is 0.845. The van der Waals surface area contributed by atoms with Gasteiger partial charge in [0.25, 0.3) is 0 Å². The van der Waals surface area contributed by atoms with E-state index in [1.54, 1.807) is 0 Å². The summed E-state index contributed by atoms with van der Waals surface area (Å²) in [6.07, 6.45) is -0.550. The lowest BCUT2D eigenvalue weighted by atomic mass is 10.0. The molecule has 0 spiro atoms. The molecule has 0 aliphatic heterocycles. The van der Waals surface area contributed by atoms with Crippen molar-refractivity contribution >= 4 is 0 Å². The summed E-state index contributed by atoms with van der Waals surface area (Å²) >= 11 is 0. The van der Waals surface area contributed by atoms with E-state index in [0.29, 0.717) is 13.2 Å². The van der Waals surface area contributed by atoms with Crippen LogP contribution in [0.25, 0.3) is 0 Å². The molecule has 2 N–H and O–H groups in total. The lowest BCUT2D eigenvalue weighted by Crippen LogP contribution is -2.38. The molecule has 0 saturated heterocycles. The molecule has 0 aromatic heterocycles. The Morgan fingerprint density at radius 1 is 1.33 bits per heavy atom. The summed E-state index contributed by atoms with van der Waals surface area (Å²) in [6.45, 7) is 11.3. The standard InChI is InChI=1S/C15H25NO2/c1-6-18-14-8-7-11(2)9-12(14)13(17)10-16-15(3,4)5/h7-9,13,16-17H,6,10H2,1-5H3. The molecular formula is C15H25NO2. The highest BCUT2D eigenvalue weighted by Gasteiger charge is 2.17. The third-order valence-electron chi connectivity index (χ3n) is 2.65. The molecule has 1 rings (SSSR count). The summed E-state index contributed by atoms with van der Waals surface area (Å²) in [5, 5.41) is 13.6. The number of rotatable bonds is 5. The Morgan fingerprint density at radius 2 is 2.00 bits per heavy atom. The van der Waals surface area contributed by atoms with Gasteiger partial charge in [-0.15, -0.1) is 0 Å². The van der Waals surface area contributed by atoms with Gasteiger partial charge in [-0.25, -0.2) is 0 Å². The van der Waals surface area contributed by atoms with Crippen LogP contribution in [0.1, 0.15) is 44.9 Å². The molecule has 0 radical (unpaired) electrons. The van der Waals surface area contributed by atoms with Crippen molar-refractivity contribution in [2.45, 2.75) is 46.3 Å². The molecule has 0 saturated carbocycles. The number of aryl methyl sites for hydroxylation is 1. The zero-order chi connectivity index (χ0) is 13.8. The third-order valence-corrected chi connectivity index (χ3v) is 2.65. The largest absolute Gasteiger partial charge is 0.493 e. The molecule has 0 fully saturated rings. The maximum Gasteiger partial charge on any atom is 0.125 e. The van der Waals surface area contributed by atoms with Gasteiger partial charge in [-0.05, 0) is 46.8 Å². The Balaban J connectivity index is 2.82. The molecule has 18 heavy (non-hydrogen) atoms. The van der Waals surface area contributed by atoms with Crippen molar-refractivity contribution < 1.29 is 9.84 Å². The average molecular weight is 251 g/mol. The maximum atomic E-state index is 10.3. The fourth-order valence-electron chi connectivity index (χ4n) is 1.73. The number of aliphatic hydroxyl groups is 1. The maximum absolute atomic E-state index is 10.3. The number of ether oxygens (including phenoxy) is 1. The lowest BCUT2D eigenvalue weighted by molar-refractivity contribution is 0.158. The Labute approximate surface area is 110 Å². The van der Waals surface area contributed by atoms with Crippen LogP contribution in [0, 0.1) is 6.92 Å². The normalized spacial score (nSPS) is 13.4. The molecule has 102 valence electrons. The fraction of sp³-hybridized carbons (Fsp3) is 0.600. The monoisotopic (exact) mass is 251 g/mol. The Hall–Kier alpha value is -1.06. The number of aliphatic hydroxyl groups excluding tert-OH is 1. The number of β-amino-alcohol motifs (C(OH)–C–C–N with tert-alkyl or cyclic N) is 1. The van der Waals surface area contributed by atoms with Crippen molar-refractivity contribution in [1.29, 1.82) is 0 Å². The minimum Gasteiger partial charge on any atom is -0.493 e. The van der Waals surface area contributed by atoms with E-state index in [9.17, 15) is 5.11 Å². The van der Waals surface area contributed by atoms with E-state index >= 15 is 0 Å². The van der Waals surface area contributed by atoms with Gasteiger partial charge in [0, 0.05) is 17.6 Å². The molecule has 0 aliphatic rings. The minimum absolute atomic E-state index is 0.00339. The summed E-state index contributed by atoms with van der Waals surface area (Å²) in [7, 11) is 0. The molecule has 1 unspecified atom stereocenters. The molecule has 1 atom stereocenters. The number of benzene rings is 1. The van der Waals surface area contributed by atoms with Crippen LogP contribution >= 0.6 is 0 Å². The van der Waals surface area contributed by atoms with E-state index < -0.39 is 6.10 Å². The number of hydrogen-bond donors (Lipinski definition) is 2. The molecule has 1 aromatic carbocycles. The highest BCUT2D eigenvalue weighted by molar-refractivity contribution is 5.38. The smallest absolute Gasteiger partial charge is 0.125 e. The zero-order valence-corrected chi connectivity index (χ0v) is 12.1. The Kier molecular flexibility index (Phi) is 5.17. The number of nitrogens with one attached hydrogen (secondary N) is 1. The summed E-state index contributed by atoms with van der Waals surface area (Å²) in [4.78, 5) is 0. The van der Waals surface area contributed by atoms with E-state index in [1.807, 2.05) is 32.0 Å². The highest BCUT2D eigenvalue weighted by Crippen LogP contribution is 2.26. The predicted octanol–water partition coefficient (Wildman–Crippen LogP) is 2.82. The van der Waals surface area contributed by atoms with Crippen molar-refractivity contribution in [2.24, 2.45) is 0 Å².